The van der Waals surface area contributed by atoms with Gasteiger partial charge in [-0.1, -0.05) is 40.1 Å². The number of rotatable bonds is 7. The van der Waals surface area contributed by atoms with Crippen molar-refractivity contribution in [3.63, 3.8) is 0 Å². The molecule has 0 saturated heterocycles. The molecule has 15 heteroatoms. The van der Waals surface area contributed by atoms with Gasteiger partial charge in [-0.05, 0) is 59.0 Å². The van der Waals surface area contributed by atoms with Gasteiger partial charge < -0.3 is 9.57 Å². The first kappa shape index (κ1) is 27.9. The molecule has 0 aliphatic heterocycles. The van der Waals surface area contributed by atoms with E-state index in [-0.39, 0.29) is 4.47 Å². The molecule has 0 amide bonds. The molecule has 0 unspecified atom stereocenters. The molecule has 0 aliphatic carbocycles. The summed E-state index contributed by atoms with van der Waals surface area (Å²) in [6, 6.07) is 16.5. The van der Waals surface area contributed by atoms with Gasteiger partial charge in [-0.15, -0.1) is 10.2 Å². The normalized spacial score (nSPS) is 11.8. The van der Waals surface area contributed by atoms with Crippen molar-refractivity contribution in [3.05, 3.63) is 84.3 Å². The van der Waals surface area contributed by atoms with Crippen LogP contribution in [-0.4, -0.2) is 42.9 Å². The van der Waals surface area contributed by atoms with Crippen LogP contribution in [0.4, 0.5) is 22.7 Å². The molecule has 5 rings (SSSR count). The average molecular weight is 605 g/mol. The van der Waals surface area contributed by atoms with Gasteiger partial charge in [0.1, 0.15) is 17.1 Å². The van der Waals surface area contributed by atoms with Gasteiger partial charge in [0.2, 0.25) is 0 Å². The van der Waals surface area contributed by atoms with Gasteiger partial charge in [-0.2, -0.15) is 21.6 Å². The Bertz CT molecular complexity index is 1870. The number of anilines is 1. The summed E-state index contributed by atoms with van der Waals surface area (Å²) in [6.07, 6.45) is -4.05. The zero-order valence-electron chi connectivity index (χ0n) is 20.7. The fraction of sp³-hybridized carbons (Fsp3) is 0.0769. The maximum Gasteiger partial charge on any atom is 0.493 e. The lowest BCUT2D eigenvalue weighted by Gasteiger charge is -2.20. The Morgan fingerprint density at radius 3 is 2.46 bits per heavy atom. The van der Waals surface area contributed by atoms with Crippen LogP contribution in [0.5, 0.6) is 5.75 Å². The fourth-order valence-electron chi connectivity index (χ4n) is 3.93. The van der Waals surface area contributed by atoms with Crippen LogP contribution < -0.4 is 9.21 Å². The van der Waals surface area contributed by atoms with Gasteiger partial charge in [-0.3, -0.25) is 4.98 Å². The van der Waals surface area contributed by atoms with Gasteiger partial charge in [-0.25, -0.2) is 9.18 Å². The van der Waals surface area contributed by atoms with Gasteiger partial charge >= 0.3 is 12.1 Å². The molecule has 0 atom stereocenters. The molecule has 0 N–H and O–H groups in total. The van der Waals surface area contributed by atoms with Crippen molar-refractivity contribution in [2.24, 2.45) is 0 Å². The van der Waals surface area contributed by atoms with Crippen LogP contribution in [0.2, 0.25) is 0 Å². The van der Waals surface area contributed by atoms with Crippen molar-refractivity contribution >= 4 is 43.2 Å². The number of methoxy groups -OCH3 is 1. The van der Waals surface area contributed by atoms with Crippen LogP contribution in [0.15, 0.2) is 83.3 Å². The standard InChI is InChI=1S/C26H16F4N4O5S2/c1-38-22-13-16(15-3-2-4-18(27)11-15)5-7-21(22)23-20-8-6-19(12-17(20)9-10-31-23)41(36,37)34(25-33-32-14-40-25)39-24(35)26(28,29)30/h2-14H,1H3. The lowest BCUT2D eigenvalue weighted by Crippen LogP contribution is -2.38. The molecule has 41 heavy (non-hydrogen) atoms. The molecular weight excluding hydrogens is 588 g/mol. The molecule has 210 valence electrons. The number of alkyl halides is 3. The Labute approximate surface area is 233 Å². The molecule has 9 nitrogen and oxygen atoms in total. The summed E-state index contributed by atoms with van der Waals surface area (Å²) in [7, 11) is -3.43. The summed E-state index contributed by atoms with van der Waals surface area (Å²) in [5, 5.41) is 7.08. The van der Waals surface area contributed by atoms with E-state index in [9.17, 15) is 30.8 Å². The van der Waals surface area contributed by atoms with E-state index in [0.29, 0.717) is 50.2 Å². The van der Waals surface area contributed by atoms with Gasteiger partial charge in [0.05, 0.1) is 17.7 Å². The lowest BCUT2D eigenvalue weighted by molar-refractivity contribution is -0.199. The number of benzene rings is 3. The number of halogens is 4. The molecule has 2 heterocycles. The summed E-state index contributed by atoms with van der Waals surface area (Å²) >= 11 is 0.548. The van der Waals surface area contributed by atoms with E-state index in [1.807, 2.05) is 0 Å². The SMILES string of the molecule is COc1cc(-c2cccc(F)c2)ccc1-c1nccc2cc(S(=O)(=O)N(OC(=O)C(F)(F)F)c3nncs3)ccc12. The highest BCUT2D eigenvalue weighted by Crippen LogP contribution is 2.38. The molecule has 3 aromatic carbocycles. The Balaban J connectivity index is 1.57. The first-order chi connectivity index (χ1) is 19.5. The summed E-state index contributed by atoms with van der Waals surface area (Å²) in [4.78, 5) is 19.7. The molecule has 0 radical (unpaired) electrons. The van der Waals surface area contributed by atoms with Crippen molar-refractivity contribution in [1.29, 1.82) is 0 Å². The first-order valence-corrected chi connectivity index (χ1v) is 13.7. The molecule has 0 fully saturated rings. The highest BCUT2D eigenvalue weighted by atomic mass is 32.2. The third-order valence-corrected chi connectivity index (χ3v) is 8.08. The van der Waals surface area contributed by atoms with E-state index in [0.717, 1.165) is 11.6 Å². The highest BCUT2D eigenvalue weighted by Gasteiger charge is 2.45. The second-order valence-electron chi connectivity index (χ2n) is 8.30. The minimum atomic E-state index is -5.47. The number of hydrogen-bond acceptors (Lipinski definition) is 9. The van der Waals surface area contributed by atoms with Crippen molar-refractivity contribution in [3.8, 4) is 28.1 Å². The van der Waals surface area contributed by atoms with E-state index >= 15 is 0 Å². The van der Waals surface area contributed by atoms with E-state index < -0.39 is 38.0 Å². The lowest BCUT2D eigenvalue weighted by atomic mass is 9.99. The molecule has 0 spiro atoms. The first-order valence-electron chi connectivity index (χ1n) is 11.4. The Hall–Kier alpha value is -4.63. The third kappa shape index (κ3) is 5.53. The number of nitrogens with zero attached hydrogens (tertiary/aromatic N) is 4. The van der Waals surface area contributed by atoms with Crippen LogP contribution in [-0.2, 0) is 19.7 Å². The Kier molecular flexibility index (Phi) is 7.31. The summed E-state index contributed by atoms with van der Waals surface area (Å²) in [6.45, 7) is 0. The number of fused-ring (bicyclic) bond motifs is 1. The average Bonchev–Trinajstić information content (AvgIpc) is 3.48. The number of hydrogen-bond donors (Lipinski definition) is 0. The molecule has 5 aromatic rings. The minimum Gasteiger partial charge on any atom is -0.496 e. The van der Waals surface area contributed by atoms with Crippen molar-refractivity contribution in [2.75, 3.05) is 11.6 Å². The Morgan fingerprint density at radius 2 is 1.78 bits per heavy atom. The van der Waals surface area contributed by atoms with Crippen LogP contribution in [0.3, 0.4) is 0 Å². The maximum absolute atomic E-state index is 13.7. The number of carbonyl (C=O) groups is 1. The molecule has 2 aromatic heterocycles. The van der Waals surface area contributed by atoms with Gasteiger partial charge in [0.25, 0.3) is 15.2 Å². The summed E-state index contributed by atoms with van der Waals surface area (Å²) < 4.78 is 84.5. The molecular formula is C26H16F4N4O5S2. The second kappa shape index (κ2) is 10.7. The maximum atomic E-state index is 13.7. The molecule has 0 bridgehead atoms. The van der Waals surface area contributed by atoms with E-state index in [2.05, 4.69) is 20.0 Å². The van der Waals surface area contributed by atoms with Crippen LogP contribution in [0, 0.1) is 5.82 Å². The van der Waals surface area contributed by atoms with E-state index in [1.165, 1.54) is 43.6 Å². The van der Waals surface area contributed by atoms with Crippen LogP contribution in [0.25, 0.3) is 33.2 Å². The highest BCUT2D eigenvalue weighted by molar-refractivity contribution is 7.92. The van der Waals surface area contributed by atoms with Crippen molar-refractivity contribution < 1.29 is 40.3 Å². The van der Waals surface area contributed by atoms with Gasteiger partial charge in [0.15, 0.2) is 0 Å². The zero-order chi connectivity index (χ0) is 29.4. The summed E-state index contributed by atoms with van der Waals surface area (Å²) in [5.41, 5.74) is 3.33. The molecule has 0 aliphatic rings. The number of sulfonamides is 1. The zero-order valence-corrected chi connectivity index (χ0v) is 22.3. The van der Waals surface area contributed by atoms with Crippen molar-refractivity contribution in [2.45, 2.75) is 11.1 Å². The van der Waals surface area contributed by atoms with E-state index in [1.54, 1.807) is 30.3 Å². The quantitative estimate of drug-likeness (QED) is 0.170. The van der Waals surface area contributed by atoms with E-state index in [4.69, 9.17) is 4.74 Å². The molecule has 0 saturated carbocycles. The monoisotopic (exact) mass is 604 g/mol. The topological polar surface area (TPSA) is 112 Å². The van der Waals surface area contributed by atoms with Crippen LogP contribution in [0.1, 0.15) is 0 Å². The third-order valence-electron chi connectivity index (χ3n) is 5.77. The summed E-state index contributed by atoms with van der Waals surface area (Å²) in [5.74, 6) is -2.74. The number of pyridine rings is 1. The predicted octanol–water partition coefficient (Wildman–Crippen LogP) is 5.78. The Morgan fingerprint density at radius 1 is 1.00 bits per heavy atom. The number of ether oxygens (including phenoxy) is 1. The van der Waals surface area contributed by atoms with Crippen molar-refractivity contribution in [1.82, 2.24) is 15.2 Å². The largest absolute Gasteiger partial charge is 0.496 e. The fourth-order valence-corrected chi connectivity index (χ4v) is 5.87. The number of carbonyl (C=O) groups excluding carboxylic acids is 1. The predicted molar refractivity (Wildman–Crippen MR) is 141 cm³/mol. The minimum absolute atomic E-state index is 0.210. The van der Waals surface area contributed by atoms with Gasteiger partial charge in [0, 0.05) is 17.1 Å². The second-order valence-corrected chi connectivity index (χ2v) is 10.9. The smallest absolute Gasteiger partial charge is 0.493 e. The van der Waals surface area contributed by atoms with Crippen LogP contribution >= 0.6 is 11.3 Å². The number of aromatic nitrogens is 3.